The second-order valence-corrected chi connectivity index (χ2v) is 5.57. The van der Waals surface area contributed by atoms with Crippen LogP contribution in [0.5, 0.6) is 0 Å². The zero-order valence-corrected chi connectivity index (χ0v) is 14.2. The van der Waals surface area contributed by atoms with E-state index in [1.54, 1.807) is 19.9 Å². The van der Waals surface area contributed by atoms with E-state index in [0.717, 1.165) is 0 Å². The number of amidine groups is 1. The zero-order valence-electron chi connectivity index (χ0n) is 14.2. The molecular weight excluding hydrogens is 364 g/mol. The molecule has 0 saturated carbocycles. The molecule has 0 aromatic heterocycles. The highest BCUT2D eigenvalue weighted by atomic mass is 19.4. The fraction of sp³-hybridized carbons (Fsp3) is 0.500. The van der Waals surface area contributed by atoms with E-state index in [2.05, 4.69) is 9.98 Å². The van der Waals surface area contributed by atoms with Crippen molar-refractivity contribution in [2.75, 3.05) is 13.1 Å². The third-order valence-corrected chi connectivity index (χ3v) is 3.91. The molecule has 1 aromatic rings. The number of benzene rings is 1. The van der Waals surface area contributed by atoms with Crippen molar-refractivity contribution in [2.45, 2.75) is 38.8 Å². The van der Waals surface area contributed by atoms with Crippen LogP contribution < -0.4 is 0 Å². The molecule has 1 aliphatic rings. The monoisotopic (exact) mass is 381 g/mol. The lowest BCUT2D eigenvalue weighted by molar-refractivity contribution is -0.293. The molecule has 1 aromatic carbocycles. The lowest BCUT2D eigenvalue weighted by atomic mass is 10.1. The van der Waals surface area contributed by atoms with Gasteiger partial charge in [-0.25, -0.2) is 4.99 Å². The van der Waals surface area contributed by atoms with Crippen LogP contribution in [-0.2, 0) is 4.74 Å². The number of aliphatic imine (C=N–C) groups is 2. The SMILES string of the molecule is CCN(CC)C1=NC(C(F)(F)F)(C(F)(F)F)N=C(c2ccccc2C)O1. The summed E-state index contributed by atoms with van der Waals surface area (Å²) >= 11 is 0. The first-order valence-electron chi connectivity index (χ1n) is 7.78. The summed E-state index contributed by atoms with van der Waals surface area (Å²) in [6.07, 6.45) is -11.6. The lowest BCUT2D eigenvalue weighted by Crippen LogP contribution is -2.58. The van der Waals surface area contributed by atoms with Crippen LogP contribution in [0.2, 0.25) is 0 Å². The number of ether oxygens (including phenoxy) is 1. The molecule has 0 atom stereocenters. The minimum atomic E-state index is -5.79. The molecule has 4 nitrogen and oxygen atoms in total. The Morgan fingerprint density at radius 3 is 1.96 bits per heavy atom. The summed E-state index contributed by atoms with van der Waals surface area (Å²) in [7, 11) is 0. The molecular formula is C16H17F6N3O. The largest absolute Gasteiger partial charge is 0.443 e. The van der Waals surface area contributed by atoms with Crippen LogP contribution in [0.4, 0.5) is 26.3 Å². The van der Waals surface area contributed by atoms with Crippen LogP contribution in [0.1, 0.15) is 25.0 Å². The van der Waals surface area contributed by atoms with E-state index in [-0.39, 0.29) is 18.7 Å². The molecule has 0 spiro atoms. The van der Waals surface area contributed by atoms with Crippen molar-refractivity contribution in [2.24, 2.45) is 9.98 Å². The number of rotatable bonds is 3. The number of hydrogen-bond donors (Lipinski definition) is 0. The molecule has 1 heterocycles. The van der Waals surface area contributed by atoms with Crippen LogP contribution in [0.3, 0.4) is 0 Å². The molecule has 0 unspecified atom stereocenters. The van der Waals surface area contributed by atoms with Gasteiger partial charge in [-0.15, -0.1) is 0 Å². The minimum absolute atomic E-state index is 0.0323. The summed E-state index contributed by atoms with van der Waals surface area (Å²) in [5, 5.41) is 0. The molecule has 0 amide bonds. The second-order valence-electron chi connectivity index (χ2n) is 5.57. The first-order chi connectivity index (χ1) is 12.0. The molecule has 0 N–H and O–H groups in total. The van der Waals surface area contributed by atoms with Gasteiger partial charge in [-0.3, -0.25) is 0 Å². The quantitative estimate of drug-likeness (QED) is 0.733. The van der Waals surface area contributed by atoms with E-state index >= 15 is 0 Å². The second kappa shape index (κ2) is 6.81. The molecule has 144 valence electrons. The van der Waals surface area contributed by atoms with Gasteiger partial charge in [0.15, 0.2) is 0 Å². The topological polar surface area (TPSA) is 37.2 Å². The maximum Gasteiger partial charge on any atom is 0.443 e. The Morgan fingerprint density at radius 2 is 1.50 bits per heavy atom. The van der Waals surface area contributed by atoms with Gasteiger partial charge in [0.25, 0.3) is 6.02 Å². The Balaban J connectivity index is 2.76. The Hall–Kier alpha value is -2.26. The van der Waals surface area contributed by atoms with E-state index in [9.17, 15) is 26.3 Å². The highest BCUT2D eigenvalue weighted by molar-refractivity contribution is 6.03. The van der Waals surface area contributed by atoms with Crippen molar-refractivity contribution in [3.05, 3.63) is 35.4 Å². The maximum absolute atomic E-state index is 13.5. The molecule has 0 aliphatic carbocycles. The van der Waals surface area contributed by atoms with Gasteiger partial charge in [-0.05, 0) is 32.4 Å². The van der Waals surface area contributed by atoms with E-state index in [4.69, 9.17) is 4.74 Å². The highest BCUT2D eigenvalue weighted by Gasteiger charge is 2.74. The summed E-state index contributed by atoms with van der Waals surface area (Å²) in [5.74, 6) is -0.769. The zero-order chi connectivity index (χ0) is 19.8. The Morgan fingerprint density at radius 1 is 0.962 bits per heavy atom. The number of halogens is 6. The van der Waals surface area contributed by atoms with Crippen LogP contribution in [0.15, 0.2) is 34.3 Å². The minimum Gasteiger partial charge on any atom is -0.406 e. The predicted molar refractivity (Wildman–Crippen MR) is 84.0 cm³/mol. The third kappa shape index (κ3) is 3.36. The van der Waals surface area contributed by atoms with Crippen molar-refractivity contribution in [1.29, 1.82) is 0 Å². The molecule has 1 aliphatic heterocycles. The van der Waals surface area contributed by atoms with Crippen molar-refractivity contribution in [3.63, 3.8) is 0 Å². The number of hydrogen-bond acceptors (Lipinski definition) is 4. The smallest absolute Gasteiger partial charge is 0.406 e. The first kappa shape index (κ1) is 20.1. The summed E-state index contributed by atoms with van der Waals surface area (Å²) in [4.78, 5) is 6.97. The lowest BCUT2D eigenvalue weighted by Gasteiger charge is -2.36. The molecule has 10 heteroatoms. The summed E-state index contributed by atoms with van der Waals surface area (Å²) in [6.45, 7) is 4.89. The highest BCUT2D eigenvalue weighted by Crippen LogP contribution is 2.48. The summed E-state index contributed by atoms with van der Waals surface area (Å²) in [5.41, 5.74) is -4.16. The fourth-order valence-electron chi connectivity index (χ4n) is 2.41. The third-order valence-electron chi connectivity index (χ3n) is 3.91. The average molecular weight is 381 g/mol. The normalized spacial score (nSPS) is 17.3. The maximum atomic E-state index is 13.5. The van der Waals surface area contributed by atoms with Crippen molar-refractivity contribution in [1.82, 2.24) is 4.90 Å². The van der Waals surface area contributed by atoms with Crippen molar-refractivity contribution in [3.8, 4) is 0 Å². The van der Waals surface area contributed by atoms with Gasteiger partial charge >= 0.3 is 18.0 Å². The van der Waals surface area contributed by atoms with E-state index in [0.29, 0.717) is 5.56 Å². The van der Waals surface area contributed by atoms with Gasteiger partial charge < -0.3 is 9.64 Å². The number of alkyl halides is 6. The molecule has 0 saturated heterocycles. The van der Waals surface area contributed by atoms with Gasteiger partial charge in [0.05, 0.1) is 0 Å². The van der Waals surface area contributed by atoms with Gasteiger partial charge in [0.2, 0.25) is 5.90 Å². The molecule has 0 bridgehead atoms. The average Bonchev–Trinajstić information content (AvgIpc) is 2.54. The van der Waals surface area contributed by atoms with E-state index in [1.807, 2.05) is 0 Å². The van der Waals surface area contributed by atoms with Crippen LogP contribution in [0, 0.1) is 6.92 Å². The summed E-state index contributed by atoms with van der Waals surface area (Å²) < 4.78 is 86.4. The predicted octanol–water partition coefficient (Wildman–Crippen LogP) is 4.29. The molecule has 0 radical (unpaired) electrons. The van der Waals surface area contributed by atoms with Crippen LogP contribution >= 0.6 is 0 Å². The molecule has 2 rings (SSSR count). The van der Waals surface area contributed by atoms with Crippen LogP contribution in [0.25, 0.3) is 0 Å². The molecule has 26 heavy (non-hydrogen) atoms. The molecule has 0 fully saturated rings. The Labute approximate surface area is 146 Å². The van der Waals surface area contributed by atoms with Gasteiger partial charge in [-0.1, -0.05) is 18.2 Å². The van der Waals surface area contributed by atoms with E-state index < -0.39 is 29.9 Å². The van der Waals surface area contributed by atoms with Gasteiger partial charge in [-0.2, -0.15) is 31.3 Å². The first-order valence-corrected chi connectivity index (χ1v) is 7.78. The number of nitrogens with zero attached hydrogens (tertiary/aromatic N) is 3. The summed E-state index contributed by atoms with van der Waals surface area (Å²) in [6, 6.07) is 5.18. The van der Waals surface area contributed by atoms with Crippen molar-refractivity contribution < 1.29 is 31.1 Å². The van der Waals surface area contributed by atoms with E-state index in [1.165, 1.54) is 30.0 Å². The Bertz CT molecular complexity index is 705. The number of aryl methyl sites for hydroxylation is 1. The van der Waals surface area contributed by atoms with Crippen molar-refractivity contribution >= 4 is 11.9 Å². The standard InChI is InChI=1S/C16H17F6N3O/c1-4-25(5-2)13-24-14(15(17,18)19,16(20,21)22)23-12(26-13)11-9-7-6-8-10(11)3/h6-9H,4-5H2,1-3H3. The van der Waals surface area contributed by atoms with Gasteiger partial charge in [0.1, 0.15) is 0 Å². The van der Waals surface area contributed by atoms with Crippen LogP contribution in [-0.4, -0.2) is 47.9 Å². The van der Waals surface area contributed by atoms with Gasteiger partial charge in [0, 0.05) is 18.7 Å². The fourth-order valence-corrected chi connectivity index (χ4v) is 2.41. The Kier molecular flexibility index (Phi) is 5.25.